The highest BCUT2D eigenvalue weighted by atomic mass is 16.2. The van der Waals surface area contributed by atoms with E-state index >= 15 is 0 Å². The van der Waals surface area contributed by atoms with E-state index in [4.69, 9.17) is 5.73 Å². The number of anilines is 1. The molecule has 0 bridgehead atoms. The molecule has 2 amide bonds. The molecule has 2 aliphatic heterocycles. The van der Waals surface area contributed by atoms with Crippen LogP contribution in [-0.4, -0.2) is 70.9 Å². The lowest BCUT2D eigenvalue weighted by atomic mass is 9.99. The predicted molar refractivity (Wildman–Crippen MR) is 155 cm³/mol. The minimum absolute atomic E-state index is 0.0253. The van der Waals surface area contributed by atoms with Gasteiger partial charge >= 0.3 is 0 Å². The molecule has 8 nitrogen and oxygen atoms in total. The Morgan fingerprint density at radius 3 is 2.28 bits per heavy atom. The van der Waals surface area contributed by atoms with Gasteiger partial charge in [-0.1, -0.05) is 30.3 Å². The van der Waals surface area contributed by atoms with E-state index in [0.717, 1.165) is 49.3 Å². The number of nitrogens with one attached hydrogen (secondary N) is 2. The molecule has 3 aromatic rings. The summed E-state index contributed by atoms with van der Waals surface area (Å²) in [4.78, 5) is 33.7. The lowest BCUT2D eigenvalue weighted by Gasteiger charge is -2.36. The van der Waals surface area contributed by atoms with E-state index in [1.54, 1.807) is 18.3 Å². The average molecular weight is 527 g/mol. The van der Waals surface area contributed by atoms with Gasteiger partial charge in [0.25, 0.3) is 5.91 Å². The molecule has 2 fully saturated rings. The van der Waals surface area contributed by atoms with E-state index < -0.39 is 5.91 Å². The highest BCUT2D eigenvalue weighted by molar-refractivity contribution is 5.99. The Morgan fingerprint density at radius 1 is 0.974 bits per heavy atom. The molecule has 0 radical (unpaired) electrons. The van der Waals surface area contributed by atoms with Crippen LogP contribution in [0.3, 0.4) is 0 Å². The van der Waals surface area contributed by atoms with Crippen LogP contribution in [0.5, 0.6) is 0 Å². The lowest BCUT2D eigenvalue weighted by molar-refractivity contribution is 0.0713. The minimum Gasteiger partial charge on any atom is -0.382 e. The standard InChI is InChI=1S/C31H38N6O2/c1-21-18-36(19-22(2)34-21)20-23-5-7-24(8-6-23)28-4-3-15-33-29(28)31(39)37-16-13-27(14-17-37)35-26-11-9-25(10-12-26)30(32)38/h3-12,15,21-22,27,34-35H,13-14,16-20H2,1-2H3,(H2,32,38)/t21-,22+. The fraction of sp³-hybridized carbons (Fsp3) is 0.387. The van der Waals surface area contributed by atoms with Crippen molar-refractivity contribution in [3.63, 3.8) is 0 Å². The molecule has 3 heterocycles. The summed E-state index contributed by atoms with van der Waals surface area (Å²) in [6.45, 7) is 8.79. The maximum Gasteiger partial charge on any atom is 0.273 e. The summed E-state index contributed by atoms with van der Waals surface area (Å²) in [5, 5.41) is 7.10. The third-order valence-corrected chi connectivity index (χ3v) is 7.64. The topological polar surface area (TPSA) is 104 Å². The van der Waals surface area contributed by atoms with Gasteiger partial charge in [-0.05, 0) is 68.1 Å². The molecule has 2 aromatic carbocycles. The maximum atomic E-state index is 13.5. The second-order valence-electron chi connectivity index (χ2n) is 10.9. The van der Waals surface area contributed by atoms with Crippen LogP contribution in [0.15, 0.2) is 66.9 Å². The van der Waals surface area contributed by atoms with Gasteiger partial charge in [-0.3, -0.25) is 19.5 Å². The number of carbonyl (C=O) groups excluding carboxylic acids is 2. The highest BCUT2D eigenvalue weighted by Gasteiger charge is 2.26. The van der Waals surface area contributed by atoms with Crippen molar-refractivity contribution in [2.75, 3.05) is 31.5 Å². The molecule has 0 aliphatic carbocycles. The van der Waals surface area contributed by atoms with Gasteiger partial charge in [0.2, 0.25) is 5.91 Å². The summed E-state index contributed by atoms with van der Waals surface area (Å²) < 4.78 is 0. The number of piperidine rings is 1. The number of rotatable bonds is 7. The van der Waals surface area contributed by atoms with E-state index in [1.807, 2.05) is 29.2 Å². The summed E-state index contributed by atoms with van der Waals surface area (Å²) in [6.07, 6.45) is 3.37. The van der Waals surface area contributed by atoms with Crippen LogP contribution in [0, 0.1) is 0 Å². The Labute approximate surface area is 230 Å². The molecular weight excluding hydrogens is 488 g/mol. The van der Waals surface area contributed by atoms with Crippen LogP contribution in [0.4, 0.5) is 5.69 Å². The molecule has 2 aliphatic rings. The van der Waals surface area contributed by atoms with Crippen LogP contribution in [0.1, 0.15) is 53.1 Å². The van der Waals surface area contributed by atoms with Crippen molar-refractivity contribution >= 4 is 17.5 Å². The number of primary amides is 1. The second kappa shape index (κ2) is 12.0. The molecule has 0 spiro atoms. The fourth-order valence-electron chi connectivity index (χ4n) is 5.77. The zero-order chi connectivity index (χ0) is 27.4. The molecule has 2 saturated heterocycles. The molecule has 204 valence electrons. The first-order valence-electron chi connectivity index (χ1n) is 13.8. The largest absolute Gasteiger partial charge is 0.382 e. The lowest BCUT2D eigenvalue weighted by Crippen LogP contribution is -2.53. The van der Waals surface area contributed by atoms with Crippen molar-refractivity contribution in [2.24, 2.45) is 5.73 Å². The van der Waals surface area contributed by atoms with Gasteiger partial charge in [0, 0.05) is 73.9 Å². The SMILES string of the molecule is C[C@@H]1CN(Cc2ccc(-c3cccnc3C(=O)N3CCC(Nc4ccc(C(N)=O)cc4)CC3)cc2)C[C@H](C)N1. The maximum absolute atomic E-state index is 13.5. The van der Waals surface area contributed by atoms with E-state index in [-0.39, 0.29) is 11.9 Å². The zero-order valence-corrected chi connectivity index (χ0v) is 22.8. The molecule has 39 heavy (non-hydrogen) atoms. The van der Waals surface area contributed by atoms with Crippen LogP contribution in [0.2, 0.25) is 0 Å². The van der Waals surface area contributed by atoms with Gasteiger partial charge < -0.3 is 21.3 Å². The van der Waals surface area contributed by atoms with E-state index in [0.29, 0.717) is 36.4 Å². The van der Waals surface area contributed by atoms with Gasteiger partial charge in [-0.15, -0.1) is 0 Å². The molecule has 0 saturated carbocycles. The van der Waals surface area contributed by atoms with E-state index in [1.165, 1.54) is 5.56 Å². The Kier molecular flexibility index (Phi) is 8.24. The molecule has 0 unspecified atom stereocenters. The van der Waals surface area contributed by atoms with E-state index in [9.17, 15) is 9.59 Å². The first-order chi connectivity index (χ1) is 18.9. The molecule has 1 aromatic heterocycles. The van der Waals surface area contributed by atoms with Gasteiger partial charge in [0.05, 0.1) is 0 Å². The summed E-state index contributed by atoms with van der Waals surface area (Å²) in [7, 11) is 0. The normalized spacial score (nSPS) is 20.5. The monoisotopic (exact) mass is 526 g/mol. The quantitative estimate of drug-likeness (QED) is 0.433. The fourth-order valence-corrected chi connectivity index (χ4v) is 5.77. The number of likely N-dealkylation sites (tertiary alicyclic amines) is 1. The van der Waals surface area contributed by atoms with Crippen molar-refractivity contribution in [2.45, 2.75) is 51.4 Å². The summed E-state index contributed by atoms with van der Waals surface area (Å²) in [5.41, 5.74) is 10.4. The van der Waals surface area contributed by atoms with Crippen molar-refractivity contribution < 1.29 is 9.59 Å². The molecule has 4 N–H and O–H groups in total. The molecule has 2 atom stereocenters. The summed E-state index contributed by atoms with van der Waals surface area (Å²) in [6, 6.07) is 20.9. The number of hydrogen-bond acceptors (Lipinski definition) is 6. The Balaban J connectivity index is 1.20. The van der Waals surface area contributed by atoms with Crippen molar-refractivity contribution in [3.05, 3.63) is 83.7 Å². The van der Waals surface area contributed by atoms with Gasteiger partial charge in [-0.2, -0.15) is 0 Å². The van der Waals surface area contributed by atoms with Crippen LogP contribution in [-0.2, 0) is 6.54 Å². The van der Waals surface area contributed by atoms with Crippen LogP contribution < -0.4 is 16.4 Å². The van der Waals surface area contributed by atoms with Gasteiger partial charge in [0.15, 0.2) is 0 Å². The van der Waals surface area contributed by atoms with Crippen molar-refractivity contribution in [3.8, 4) is 11.1 Å². The van der Waals surface area contributed by atoms with E-state index in [2.05, 4.69) is 58.6 Å². The first kappa shape index (κ1) is 26.8. The summed E-state index contributed by atoms with van der Waals surface area (Å²) in [5.74, 6) is -0.458. The molecule has 8 heteroatoms. The highest BCUT2D eigenvalue weighted by Crippen LogP contribution is 2.26. The predicted octanol–water partition coefficient (Wildman–Crippen LogP) is 3.75. The number of hydrogen-bond donors (Lipinski definition) is 3. The zero-order valence-electron chi connectivity index (χ0n) is 22.8. The van der Waals surface area contributed by atoms with Gasteiger partial charge in [-0.25, -0.2) is 0 Å². The Morgan fingerprint density at radius 2 is 1.64 bits per heavy atom. The Bertz CT molecular complexity index is 1280. The van der Waals surface area contributed by atoms with Gasteiger partial charge in [0.1, 0.15) is 5.69 Å². The second-order valence-corrected chi connectivity index (χ2v) is 10.9. The van der Waals surface area contributed by atoms with Crippen molar-refractivity contribution in [1.29, 1.82) is 0 Å². The number of nitrogens with two attached hydrogens (primary N) is 1. The molecular formula is C31H38N6O2. The minimum atomic E-state index is -0.433. The van der Waals surface area contributed by atoms with Crippen LogP contribution >= 0.6 is 0 Å². The number of amides is 2. The summed E-state index contributed by atoms with van der Waals surface area (Å²) >= 11 is 0. The third-order valence-electron chi connectivity index (χ3n) is 7.64. The first-order valence-corrected chi connectivity index (χ1v) is 13.8. The average Bonchev–Trinajstić information content (AvgIpc) is 2.93. The number of benzene rings is 2. The Hall–Kier alpha value is -3.75. The van der Waals surface area contributed by atoms with Crippen molar-refractivity contribution in [1.82, 2.24) is 20.1 Å². The number of carbonyl (C=O) groups is 2. The van der Waals surface area contributed by atoms with Crippen LogP contribution in [0.25, 0.3) is 11.1 Å². The smallest absolute Gasteiger partial charge is 0.273 e. The number of piperazine rings is 1. The third kappa shape index (κ3) is 6.64. The number of pyridine rings is 1. The number of aromatic nitrogens is 1. The molecule has 5 rings (SSSR count). The number of nitrogens with zero attached hydrogens (tertiary/aromatic N) is 3.